The SMILES string of the molecule is NCCC(=O)Nc1ccc([N+](=O)[O-])c(Cl)c1. The minimum atomic E-state index is -0.589. The number of halogens is 1. The van der Waals surface area contributed by atoms with Gasteiger partial charge in [0.15, 0.2) is 0 Å². The minimum Gasteiger partial charge on any atom is -0.330 e. The van der Waals surface area contributed by atoms with Gasteiger partial charge in [-0.1, -0.05) is 11.6 Å². The average molecular weight is 244 g/mol. The zero-order valence-corrected chi connectivity index (χ0v) is 9.03. The quantitative estimate of drug-likeness (QED) is 0.619. The summed E-state index contributed by atoms with van der Waals surface area (Å²) in [5.74, 6) is -0.257. The van der Waals surface area contributed by atoms with Crippen LogP contribution in [0.25, 0.3) is 0 Å². The highest BCUT2D eigenvalue weighted by Crippen LogP contribution is 2.27. The van der Waals surface area contributed by atoms with Gasteiger partial charge in [-0.05, 0) is 12.1 Å². The van der Waals surface area contributed by atoms with E-state index in [0.29, 0.717) is 5.69 Å². The van der Waals surface area contributed by atoms with Crippen molar-refractivity contribution in [1.82, 2.24) is 0 Å². The van der Waals surface area contributed by atoms with E-state index in [1.54, 1.807) is 0 Å². The first-order valence-corrected chi connectivity index (χ1v) is 4.86. The molecule has 0 aliphatic carbocycles. The van der Waals surface area contributed by atoms with Crippen LogP contribution in [0.2, 0.25) is 5.02 Å². The molecule has 0 unspecified atom stereocenters. The number of benzene rings is 1. The molecule has 0 radical (unpaired) electrons. The number of anilines is 1. The van der Waals surface area contributed by atoms with Crippen LogP contribution in [0.15, 0.2) is 18.2 Å². The molecule has 86 valence electrons. The maximum absolute atomic E-state index is 11.2. The standard InChI is InChI=1S/C9H10ClN3O3/c10-7-5-6(12-9(14)3-4-11)1-2-8(7)13(15)16/h1-2,5H,3-4,11H2,(H,12,14). The molecule has 1 amide bonds. The summed E-state index contributed by atoms with van der Waals surface area (Å²) >= 11 is 5.67. The number of nitrogens with zero attached hydrogens (tertiary/aromatic N) is 1. The Labute approximate surface area is 96.5 Å². The number of hydrogen-bond donors (Lipinski definition) is 2. The lowest BCUT2D eigenvalue weighted by Crippen LogP contribution is -2.16. The van der Waals surface area contributed by atoms with Gasteiger partial charge in [0, 0.05) is 24.7 Å². The lowest BCUT2D eigenvalue weighted by Gasteiger charge is -2.04. The van der Waals surface area contributed by atoms with Crippen molar-refractivity contribution in [1.29, 1.82) is 0 Å². The van der Waals surface area contributed by atoms with E-state index in [4.69, 9.17) is 17.3 Å². The molecule has 0 bridgehead atoms. The molecular weight excluding hydrogens is 234 g/mol. The van der Waals surface area contributed by atoms with Crippen molar-refractivity contribution < 1.29 is 9.72 Å². The van der Waals surface area contributed by atoms with Gasteiger partial charge in [0.1, 0.15) is 5.02 Å². The van der Waals surface area contributed by atoms with Gasteiger partial charge in [-0.15, -0.1) is 0 Å². The number of amides is 1. The highest BCUT2D eigenvalue weighted by Gasteiger charge is 2.12. The van der Waals surface area contributed by atoms with E-state index in [-0.39, 0.29) is 29.6 Å². The van der Waals surface area contributed by atoms with Crippen molar-refractivity contribution in [2.24, 2.45) is 5.73 Å². The van der Waals surface area contributed by atoms with Crippen LogP contribution in [0.5, 0.6) is 0 Å². The Bertz CT molecular complexity index is 422. The van der Waals surface area contributed by atoms with Crippen LogP contribution in [-0.2, 0) is 4.79 Å². The first-order chi connectivity index (χ1) is 7.54. The third-order valence-electron chi connectivity index (χ3n) is 1.80. The van der Waals surface area contributed by atoms with Crippen molar-refractivity contribution in [3.05, 3.63) is 33.3 Å². The summed E-state index contributed by atoms with van der Waals surface area (Å²) in [6, 6.07) is 3.98. The first kappa shape index (κ1) is 12.4. The summed E-state index contributed by atoms with van der Waals surface area (Å²) in [5, 5.41) is 13.0. The third kappa shape index (κ3) is 3.18. The molecule has 3 N–H and O–H groups in total. The maximum Gasteiger partial charge on any atom is 0.288 e. The molecule has 7 heteroatoms. The molecule has 0 fully saturated rings. The number of nitro groups is 1. The van der Waals surface area contributed by atoms with Crippen LogP contribution in [0.4, 0.5) is 11.4 Å². The molecule has 0 aromatic heterocycles. The molecule has 1 aromatic rings. The Morgan fingerprint density at radius 1 is 1.56 bits per heavy atom. The largest absolute Gasteiger partial charge is 0.330 e. The summed E-state index contributed by atoms with van der Waals surface area (Å²) in [6.45, 7) is 0.243. The van der Waals surface area contributed by atoms with Crippen LogP contribution in [0.3, 0.4) is 0 Å². The molecule has 0 aliphatic heterocycles. The zero-order chi connectivity index (χ0) is 12.1. The van der Waals surface area contributed by atoms with Gasteiger partial charge < -0.3 is 11.1 Å². The molecule has 0 heterocycles. The van der Waals surface area contributed by atoms with Crippen molar-refractivity contribution >= 4 is 28.9 Å². The predicted molar refractivity (Wildman–Crippen MR) is 60.4 cm³/mol. The molecule has 16 heavy (non-hydrogen) atoms. The molecule has 0 atom stereocenters. The van der Waals surface area contributed by atoms with Gasteiger partial charge in [0.05, 0.1) is 4.92 Å². The van der Waals surface area contributed by atoms with E-state index in [0.717, 1.165) is 0 Å². The normalized spacial score (nSPS) is 9.88. The van der Waals surface area contributed by atoms with E-state index in [1.165, 1.54) is 18.2 Å². The van der Waals surface area contributed by atoms with Gasteiger partial charge in [-0.2, -0.15) is 0 Å². The number of carbonyl (C=O) groups excluding carboxylic acids is 1. The van der Waals surface area contributed by atoms with Crippen molar-refractivity contribution in [2.45, 2.75) is 6.42 Å². The van der Waals surface area contributed by atoms with Crippen LogP contribution < -0.4 is 11.1 Å². The monoisotopic (exact) mass is 243 g/mol. The molecule has 0 saturated heterocycles. The van der Waals surface area contributed by atoms with Crippen LogP contribution in [0.1, 0.15) is 6.42 Å². The molecule has 6 nitrogen and oxygen atoms in total. The molecule has 1 rings (SSSR count). The Hall–Kier alpha value is -1.66. The molecular formula is C9H10ClN3O3. The minimum absolute atomic E-state index is 0.0180. The third-order valence-corrected chi connectivity index (χ3v) is 2.10. The van der Waals surface area contributed by atoms with Gasteiger partial charge in [-0.3, -0.25) is 14.9 Å². The fraction of sp³-hybridized carbons (Fsp3) is 0.222. The highest BCUT2D eigenvalue weighted by molar-refractivity contribution is 6.33. The Morgan fingerprint density at radius 2 is 2.25 bits per heavy atom. The van der Waals surface area contributed by atoms with Crippen LogP contribution >= 0.6 is 11.6 Å². The average Bonchev–Trinajstić information content (AvgIpc) is 2.17. The van der Waals surface area contributed by atoms with E-state index in [1.807, 2.05) is 0 Å². The molecule has 0 aliphatic rings. The Balaban J connectivity index is 2.81. The van der Waals surface area contributed by atoms with E-state index >= 15 is 0 Å². The zero-order valence-electron chi connectivity index (χ0n) is 8.27. The Morgan fingerprint density at radius 3 is 2.75 bits per heavy atom. The first-order valence-electron chi connectivity index (χ1n) is 4.48. The van der Waals surface area contributed by atoms with Gasteiger partial charge in [-0.25, -0.2) is 0 Å². The summed E-state index contributed by atoms with van der Waals surface area (Å²) in [4.78, 5) is 21.1. The molecule has 0 spiro atoms. The van der Waals surface area contributed by atoms with Crippen LogP contribution in [-0.4, -0.2) is 17.4 Å². The maximum atomic E-state index is 11.2. The van der Waals surface area contributed by atoms with Crippen molar-refractivity contribution in [3.8, 4) is 0 Å². The second kappa shape index (κ2) is 5.43. The number of nitrogens with one attached hydrogen (secondary N) is 1. The highest BCUT2D eigenvalue weighted by atomic mass is 35.5. The lowest BCUT2D eigenvalue weighted by molar-refractivity contribution is -0.384. The number of rotatable bonds is 4. The lowest BCUT2D eigenvalue weighted by atomic mass is 10.2. The fourth-order valence-corrected chi connectivity index (χ4v) is 1.34. The van der Waals surface area contributed by atoms with E-state index < -0.39 is 4.92 Å². The summed E-state index contributed by atoms with van der Waals surface area (Å²) in [7, 11) is 0. The summed E-state index contributed by atoms with van der Waals surface area (Å²) in [6.07, 6.45) is 0.189. The molecule has 1 aromatic carbocycles. The van der Waals surface area contributed by atoms with Crippen molar-refractivity contribution in [2.75, 3.05) is 11.9 Å². The number of hydrogen-bond acceptors (Lipinski definition) is 4. The van der Waals surface area contributed by atoms with Gasteiger partial charge in [0.25, 0.3) is 5.69 Å². The fourth-order valence-electron chi connectivity index (χ4n) is 1.09. The molecule has 0 saturated carbocycles. The topological polar surface area (TPSA) is 98.3 Å². The Kier molecular flexibility index (Phi) is 4.21. The second-order valence-electron chi connectivity index (χ2n) is 3.01. The number of nitrogens with two attached hydrogens (primary N) is 1. The summed E-state index contributed by atoms with van der Waals surface area (Å²) in [5.41, 5.74) is 5.42. The van der Waals surface area contributed by atoms with Crippen molar-refractivity contribution in [3.63, 3.8) is 0 Å². The van der Waals surface area contributed by atoms with Gasteiger partial charge >= 0.3 is 0 Å². The second-order valence-corrected chi connectivity index (χ2v) is 3.42. The number of nitro benzene ring substituents is 1. The predicted octanol–water partition coefficient (Wildman–Crippen LogP) is 1.54. The number of carbonyl (C=O) groups is 1. The summed E-state index contributed by atoms with van der Waals surface area (Å²) < 4.78 is 0. The van der Waals surface area contributed by atoms with Crippen LogP contribution in [0, 0.1) is 10.1 Å². The van der Waals surface area contributed by atoms with Gasteiger partial charge in [0.2, 0.25) is 5.91 Å². The van der Waals surface area contributed by atoms with E-state index in [9.17, 15) is 14.9 Å². The smallest absolute Gasteiger partial charge is 0.288 e. The van der Waals surface area contributed by atoms with E-state index in [2.05, 4.69) is 5.32 Å².